The Kier molecular flexibility index (Phi) is 6.13. The Hall–Kier alpha value is -3.55. The number of pyridine rings is 1. The Labute approximate surface area is 203 Å². The Morgan fingerprint density at radius 3 is 2.50 bits per heavy atom. The molecule has 1 amide bonds. The van der Waals surface area contributed by atoms with E-state index in [1.165, 1.54) is 0 Å². The number of hydrogen-bond donors (Lipinski definition) is 2. The molecule has 2 aromatic heterocycles. The van der Waals surface area contributed by atoms with Crippen molar-refractivity contribution in [1.29, 1.82) is 0 Å². The van der Waals surface area contributed by atoms with E-state index in [1.807, 2.05) is 36.4 Å². The zero-order chi connectivity index (χ0) is 23.7. The molecule has 0 bridgehead atoms. The van der Waals surface area contributed by atoms with Gasteiger partial charge in [-0.15, -0.1) is 0 Å². The molecule has 2 N–H and O–H groups in total. The van der Waals surface area contributed by atoms with Crippen LogP contribution in [0.15, 0.2) is 67.0 Å². The van der Waals surface area contributed by atoms with Gasteiger partial charge in [0.05, 0.1) is 33.5 Å². The van der Waals surface area contributed by atoms with E-state index in [-0.39, 0.29) is 5.91 Å². The Balaban J connectivity index is 1.33. The molecule has 0 saturated carbocycles. The first-order valence-electron chi connectivity index (χ1n) is 11.3. The van der Waals surface area contributed by atoms with E-state index in [0.717, 1.165) is 29.9 Å². The average molecular weight is 473 g/mol. The van der Waals surface area contributed by atoms with Crippen molar-refractivity contribution in [3.05, 3.63) is 77.6 Å². The van der Waals surface area contributed by atoms with Crippen LogP contribution in [0.5, 0.6) is 0 Å². The lowest BCUT2D eigenvalue weighted by molar-refractivity contribution is 0.102. The summed E-state index contributed by atoms with van der Waals surface area (Å²) in [6, 6.07) is 17.5. The average Bonchev–Trinajstić information content (AvgIpc) is 2.84. The second kappa shape index (κ2) is 9.37. The van der Waals surface area contributed by atoms with E-state index in [2.05, 4.69) is 44.3 Å². The maximum atomic E-state index is 12.9. The van der Waals surface area contributed by atoms with Crippen LogP contribution in [0, 0.1) is 0 Å². The first kappa shape index (κ1) is 22.3. The van der Waals surface area contributed by atoms with Gasteiger partial charge in [-0.25, -0.2) is 9.97 Å². The first-order chi connectivity index (χ1) is 16.5. The summed E-state index contributed by atoms with van der Waals surface area (Å²) in [5.74, 6) is 0.638. The quantitative estimate of drug-likeness (QED) is 0.444. The van der Waals surface area contributed by atoms with Gasteiger partial charge >= 0.3 is 0 Å². The van der Waals surface area contributed by atoms with E-state index in [1.54, 1.807) is 30.6 Å². The third kappa shape index (κ3) is 4.71. The molecule has 0 aliphatic carbocycles. The molecule has 2 aromatic carbocycles. The topological polar surface area (TPSA) is 83.0 Å². The molecule has 8 heteroatoms. The van der Waals surface area contributed by atoms with E-state index in [0.29, 0.717) is 39.6 Å². The SMILES string of the molecule is CC1CN(c2ccc(C(=O)Nc3ccc(Cl)c(-c4cnc5ccccc5n4)c3)cn2)CC(C)N1. The fraction of sp³-hybridized carbons (Fsp3) is 0.231. The van der Waals surface area contributed by atoms with Crippen LogP contribution in [0.3, 0.4) is 0 Å². The molecule has 172 valence electrons. The summed E-state index contributed by atoms with van der Waals surface area (Å²) in [7, 11) is 0. The minimum absolute atomic E-state index is 0.237. The molecule has 1 fully saturated rings. The minimum Gasteiger partial charge on any atom is -0.354 e. The molecular formula is C26H25ClN6O. The lowest BCUT2D eigenvalue weighted by Crippen LogP contribution is -2.54. The zero-order valence-electron chi connectivity index (χ0n) is 19.0. The van der Waals surface area contributed by atoms with Crippen molar-refractivity contribution in [1.82, 2.24) is 20.3 Å². The van der Waals surface area contributed by atoms with Crippen LogP contribution in [0.25, 0.3) is 22.3 Å². The third-order valence-electron chi connectivity index (χ3n) is 5.84. The fourth-order valence-electron chi connectivity index (χ4n) is 4.31. The molecule has 7 nitrogen and oxygen atoms in total. The number of para-hydroxylation sites is 2. The van der Waals surface area contributed by atoms with Gasteiger partial charge in [0.25, 0.3) is 5.91 Å². The Morgan fingerprint density at radius 2 is 1.76 bits per heavy atom. The number of carbonyl (C=O) groups excluding carboxylic acids is 1. The highest BCUT2D eigenvalue weighted by atomic mass is 35.5. The molecule has 3 heterocycles. The first-order valence-corrected chi connectivity index (χ1v) is 11.6. The van der Waals surface area contributed by atoms with Gasteiger partial charge < -0.3 is 15.5 Å². The molecule has 2 unspecified atom stereocenters. The zero-order valence-corrected chi connectivity index (χ0v) is 19.8. The van der Waals surface area contributed by atoms with Gasteiger partial charge in [-0.1, -0.05) is 23.7 Å². The van der Waals surface area contributed by atoms with Crippen LogP contribution in [0.1, 0.15) is 24.2 Å². The van der Waals surface area contributed by atoms with Crippen LogP contribution < -0.4 is 15.5 Å². The van der Waals surface area contributed by atoms with Crippen molar-refractivity contribution in [2.45, 2.75) is 25.9 Å². The smallest absolute Gasteiger partial charge is 0.257 e. The highest BCUT2D eigenvalue weighted by Crippen LogP contribution is 2.30. The lowest BCUT2D eigenvalue weighted by atomic mass is 10.1. The van der Waals surface area contributed by atoms with Crippen LogP contribution in [0.2, 0.25) is 5.02 Å². The second-order valence-corrected chi connectivity index (χ2v) is 9.08. The van der Waals surface area contributed by atoms with E-state index in [4.69, 9.17) is 11.6 Å². The molecule has 0 radical (unpaired) electrons. The van der Waals surface area contributed by atoms with Crippen molar-refractivity contribution in [2.24, 2.45) is 0 Å². The van der Waals surface area contributed by atoms with E-state index in [9.17, 15) is 4.79 Å². The van der Waals surface area contributed by atoms with Gasteiger partial charge in [0.2, 0.25) is 0 Å². The van der Waals surface area contributed by atoms with Crippen molar-refractivity contribution in [3.63, 3.8) is 0 Å². The molecule has 1 aliphatic rings. The standard InChI is InChI=1S/C26H25ClN6O/c1-16-14-33(15-17(2)30-16)25-10-7-18(12-29-25)26(34)31-19-8-9-21(27)20(11-19)24-13-28-22-5-3-4-6-23(22)32-24/h3-13,16-17,30H,14-15H2,1-2H3,(H,31,34). The molecule has 1 aliphatic heterocycles. The van der Waals surface area contributed by atoms with Crippen molar-refractivity contribution >= 4 is 40.0 Å². The molecule has 5 rings (SSSR count). The van der Waals surface area contributed by atoms with Gasteiger partial charge in [-0.05, 0) is 56.3 Å². The number of aromatic nitrogens is 3. The molecule has 34 heavy (non-hydrogen) atoms. The molecular weight excluding hydrogens is 448 g/mol. The predicted molar refractivity (Wildman–Crippen MR) is 136 cm³/mol. The molecule has 0 spiro atoms. The summed E-state index contributed by atoms with van der Waals surface area (Å²) < 4.78 is 0. The number of benzene rings is 2. The summed E-state index contributed by atoms with van der Waals surface area (Å²) >= 11 is 6.45. The summed E-state index contributed by atoms with van der Waals surface area (Å²) in [5.41, 5.74) is 4.05. The van der Waals surface area contributed by atoms with Gasteiger partial charge in [-0.2, -0.15) is 0 Å². The van der Waals surface area contributed by atoms with Crippen molar-refractivity contribution in [2.75, 3.05) is 23.3 Å². The number of amides is 1. The summed E-state index contributed by atoms with van der Waals surface area (Å²) in [6.07, 6.45) is 3.31. The molecule has 4 aromatic rings. The van der Waals surface area contributed by atoms with Gasteiger partial charge in [0.15, 0.2) is 0 Å². The Morgan fingerprint density at radius 1 is 1.00 bits per heavy atom. The fourth-order valence-corrected chi connectivity index (χ4v) is 4.53. The number of anilines is 2. The van der Waals surface area contributed by atoms with Crippen molar-refractivity contribution in [3.8, 4) is 11.3 Å². The number of nitrogens with one attached hydrogen (secondary N) is 2. The number of nitrogens with zero attached hydrogens (tertiary/aromatic N) is 4. The monoisotopic (exact) mass is 472 g/mol. The third-order valence-corrected chi connectivity index (χ3v) is 6.17. The van der Waals surface area contributed by atoms with Crippen LogP contribution in [-0.2, 0) is 0 Å². The minimum atomic E-state index is -0.237. The summed E-state index contributed by atoms with van der Waals surface area (Å²) in [6.45, 7) is 6.09. The van der Waals surface area contributed by atoms with E-state index < -0.39 is 0 Å². The van der Waals surface area contributed by atoms with Crippen molar-refractivity contribution < 1.29 is 4.79 Å². The van der Waals surface area contributed by atoms with E-state index >= 15 is 0 Å². The maximum absolute atomic E-state index is 12.9. The highest BCUT2D eigenvalue weighted by Gasteiger charge is 2.22. The number of rotatable bonds is 4. The lowest BCUT2D eigenvalue weighted by Gasteiger charge is -2.36. The maximum Gasteiger partial charge on any atom is 0.257 e. The molecule has 2 atom stereocenters. The number of piperazine rings is 1. The van der Waals surface area contributed by atoms with Gasteiger partial charge in [0, 0.05) is 42.6 Å². The predicted octanol–water partition coefficient (Wildman–Crippen LogP) is 4.78. The number of halogens is 1. The van der Waals surface area contributed by atoms with Crippen LogP contribution in [-0.4, -0.2) is 46.0 Å². The summed E-state index contributed by atoms with van der Waals surface area (Å²) in [4.78, 5) is 28.8. The normalized spacial score (nSPS) is 18.1. The second-order valence-electron chi connectivity index (χ2n) is 8.67. The Bertz CT molecular complexity index is 1330. The van der Waals surface area contributed by atoms with Gasteiger partial charge in [-0.3, -0.25) is 9.78 Å². The molecule has 1 saturated heterocycles. The number of carbonyl (C=O) groups is 1. The largest absolute Gasteiger partial charge is 0.354 e. The number of fused-ring (bicyclic) bond motifs is 1. The van der Waals surface area contributed by atoms with Crippen LogP contribution in [0.4, 0.5) is 11.5 Å². The van der Waals surface area contributed by atoms with Gasteiger partial charge in [0.1, 0.15) is 5.82 Å². The number of hydrogen-bond acceptors (Lipinski definition) is 6. The highest BCUT2D eigenvalue weighted by molar-refractivity contribution is 6.33. The van der Waals surface area contributed by atoms with Crippen LogP contribution >= 0.6 is 11.6 Å². The summed E-state index contributed by atoms with van der Waals surface area (Å²) in [5, 5.41) is 6.99.